The van der Waals surface area contributed by atoms with Crippen LogP contribution in [0.2, 0.25) is 0 Å². The molecule has 0 bridgehead atoms. The number of carbonyl (C=O) groups excluding carboxylic acids is 2. The summed E-state index contributed by atoms with van der Waals surface area (Å²) in [5.74, 6) is -2.23. The Kier molecular flexibility index (Phi) is 21.2. The largest absolute Gasteiger partial charge is 0.550 e. The third-order valence-corrected chi connectivity index (χ3v) is 3.46. The van der Waals surface area contributed by atoms with E-state index in [2.05, 4.69) is 13.8 Å². The molecule has 2 atom stereocenters. The van der Waals surface area contributed by atoms with Gasteiger partial charge in [0.25, 0.3) is 0 Å². The SMILES string of the molecule is CCCCC(CC)C(=O)[O-].CCCCC(CC)C(=O)[O-].[Co]. The molecule has 0 aliphatic rings. The summed E-state index contributed by atoms with van der Waals surface area (Å²) in [6, 6.07) is 0. The standard InChI is InChI=1S/2C8H16O2.Co/c2*1-3-5-6-7(4-2)8(9)10;/h2*7H,3-6H2,1-2H3,(H,9,10);/p-2. The number of carboxylic acid groups (broad SMARTS) is 2. The monoisotopic (exact) mass is 345 g/mol. The quantitative estimate of drug-likeness (QED) is 0.606. The third-order valence-electron chi connectivity index (χ3n) is 3.46. The van der Waals surface area contributed by atoms with Crippen LogP contribution in [-0.4, -0.2) is 11.9 Å². The number of aliphatic carboxylic acids is 2. The van der Waals surface area contributed by atoms with Gasteiger partial charge in [0.1, 0.15) is 0 Å². The first-order valence-corrected chi connectivity index (χ1v) is 7.86. The Morgan fingerprint density at radius 1 is 0.762 bits per heavy atom. The molecule has 0 N–H and O–H groups in total. The van der Waals surface area contributed by atoms with Crippen LogP contribution in [-0.2, 0) is 26.4 Å². The van der Waals surface area contributed by atoms with Crippen molar-refractivity contribution < 1.29 is 36.6 Å². The molecule has 0 aliphatic carbocycles. The van der Waals surface area contributed by atoms with Gasteiger partial charge in [-0.25, -0.2) is 0 Å². The molecule has 0 aromatic rings. The number of carbonyl (C=O) groups is 2. The average molecular weight is 345 g/mol. The van der Waals surface area contributed by atoms with E-state index in [0.717, 1.165) is 38.5 Å². The zero-order chi connectivity index (χ0) is 16.0. The Hall–Kier alpha value is -0.554. The Balaban J connectivity index is -0.000000295. The third kappa shape index (κ3) is 15.7. The molecule has 0 amide bonds. The summed E-state index contributed by atoms with van der Waals surface area (Å²) in [5.41, 5.74) is 0. The van der Waals surface area contributed by atoms with Gasteiger partial charge in [0.15, 0.2) is 0 Å². The van der Waals surface area contributed by atoms with E-state index in [1.54, 1.807) is 0 Å². The van der Waals surface area contributed by atoms with Gasteiger partial charge in [-0.2, -0.15) is 0 Å². The molecule has 0 saturated heterocycles. The summed E-state index contributed by atoms with van der Waals surface area (Å²) >= 11 is 0. The number of unbranched alkanes of at least 4 members (excludes halogenated alkanes) is 2. The van der Waals surface area contributed by atoms with E-state index in [0.29, 0.717) is 12.8 Å². The molecule has 5 heteroatoms. The minimum absolute atomic E-state index is 0. The molecule has 0 aliphatic heterocycles. The molecule has 0 aromatic heterocycles. The van der Waals surface area contributed by atoms with Crippen LogP contribution in [0.1, 0.15) is 79.1 Å². The van der Waals surface area contributed by atoms with Gasteiger partial charge in [0.05, 0.1) is 0 Å². The van der Waals surface area contributed by atoms with Crippen molar-refractivity contribution in [3.63, 3.8) is 0 Å². The number of hydrogen-bond acceptors (Lipinski definition) is 4. The van der Waals surface area contributed by atoms with E-state index in [1.165, 1.54) is 0 Å². The zero-order valence-corrected chi connectivity index (χ0v) is 14.8. The fourth-order valence-electron chi connectivity index (χ4n) is 1.88. The fourth-order valence-corrected chi connectivity index (χ4v) is 1.88. The summed E-state index contributed by atoms with van der Waals surface area (Å²) in [7, 11) is 0. The van der Waals surface area contributed by atoms with E-state index in [9.17, 15) is 19.8 Å². The normalized spacial score (nSPS) is 12.4. The summed E-state index contributed by atoms with van der Waals surface area (Å²) in [4.78, 5) is 20.7. The molecule has 0 heterocycles. The van der Waals surface area contributed by atoms with Crippen LogP contribution < -0.4 is 10.2 Å². The fraction of sp³-hybridized carbons (Fsp3) is 0.875. The van der Waals surface area contributed by atoms with Gasteiger partial charge in [-0.3, -0.25) is 0 Å². The Morgan fingerprint density at radius 2 is 1.05 bits per heavy atom. The minimum atomic E-state index is -0.893. The predicted octanol–water partition coefficient (Wildman–Crippen LogP) is 1.90. The van der Waals surface area contributed by atoms with Crippen molar-refractivity contribution in [2.24, 2.45) is 11.8 Å². The molecule has 21 heavy (non-hydrogen) atoms. The number of carboxylic acids is 2. The smallest absolute Gasteiger partial charge is 0.0445 e. The van der Waals surface area contributed by atoms with Crippen LogP contribution in [0.5, 0.6) is 0 Å². The second-order valence-corrected chi connectivity index (χ2v) is 5.13. The maximum Gasteiger partial charge on any atom is 0.0445 e. The first-order valence-electron chi connectivity index (χ1n) is 7.86. The summed E-state index contributed by atoms with van der Waals surface area (Å²) < 4.78 is 0. The van der Waals surface area contributed by atoms with Crippen molar-refractivity contribution in [3.8, 4) is 0 Å². The van der Waals surface area contributed by atoms with Crippen molar-refractivity contribution in [2.75, 3.05) is 0 Å². The topological polar surface area (TPSA) is 80.3 Å². The number of rotatable bonds is 10. The van der Waals surface area contributed by atoms with Gasteiger partial charge in [-0.15, -0.1) is 0 Å². The molecule has 2 unspecified atom stereocenters. The molecule has 0 aromatic carbocycles. The molecule has 0 fully saturated rings. The Morgan fingerprint density at radius 3 is 1.19 bits per heavy atom. The molecular weight excluding hydrogens is 315 g/mol. The van der Waals surface area contributed by atoms with Crippen LogP contribution in [0.15, 0.2) is 0 Å². The molecule has 0 saturated carbocycles. The van der Waals surface area contributed by atoms with Gasteiger partial charge in [0.2, 0.25) is 0 Å². The zero-order valence-electron chi connectivity index (χ0n) is 13.8. The molecule has 4 nitrogen and oxygen atoms in total. The predicted molar refractivity (Wildman–Crippen MR) is 76.6 cm³/mol. The van der Waals surface area contributed by atoms with E-state index in [4.69, 9.17) is 0 Å². The summed E-state index contributed by atoms with van der Waals surface area (Å²) in [6.07, 6.45) is 7.04. The van der Waals surface area contributed by atoms with E-state index in [-0.39, 0.29) is 28.6 Å². The first-order chi connectivity index (χ1) is 9.44. The van der Waals surface area contributed by atoms with Gasteiger partial charge >= 0.3 is 0 Å². The Labute approximate surface area is 139 Å². The first kappa shape index (κ1) is 25.4. The molecular formula is C16H30CoO4-2. The van der Waals surface area contributed by atoms with E-state index >= 15 is 0 Å². The van der Waals surface area contributed by atoms with Crippen molar-refractivity contribution >= 4 is 11.9 Å². The molecule has 0 rings (SSSR count). The van der Waals surface area contributed by atoms with Crippen molar-refractivity contribution in [1.29, 1.82) is 0 Å². The summed E-state index contributed by atoms with van der Waals surface area (Å²) in [6.45, 7) is 7.89. The van der Waals surface area contributed by atoms with Crippen LogP contribution >= 0.6 is 0 Å². The molecule has 1 radical (unpaired) electrons. The van der Waals surface area contributed by atoms with Gasteiger partial charge in [-0.05, 0) is 37.5 Å². The van der Waals surface area contributed by atoms with E-state index in [1.807, 2.05) is 13.8 Å². The average Bonchev–Trinajstić information content (AvgIpc) is 2.40. The molecule has 129 valence electrons. The number of hydrogen-bond donors (Lipinski definition) is 0. The maximum absolute atomic E-state index is 10.3. The van der Waals surface area contributed by atoms with Crippen LogP contribution in [0.3, 0.4) is 0 Å². The molecule has 0 spiro atoms. The summed E-state index contributed by atoms with van der Waals surface area (Å²) in [5, 5.41) is 20.7. The van der Waals surface area contributed by atoms with Crippen LogP contribution in [0.25, 0.3) is 0 Å². The van der Waals surface area contributed by atoms with Crippen molar-refractivity contribution in [1.82, 2.24) is 0 Å². The van der Waals surface area contributed by atoms with Crippen molar-refractivity contribution in [2.45, 2.75) is 79.1 Å². The van der Waals surface area contributed by atoms with Crippen LogP contribution in [0.4, 0.5) is 0 Å². The van der Waals surface area contributed by atoms with Crippen LogP contribution in [0, 0.1) is 11.8 Å². The van der Waals surface area contributed by atoms with Gasteiger partial charge < -0.3 is 19.8 Å². The minimum Gasteiger partial charge on any atom is -0.550 e. The van der Waals surface area contributed by atoms with E-state index < -0.39 is 11.9 Å². The second kappa shape index (κ2) is 17.5. The second-order valence-electron chi connectivity index (χ2n) is 5.13. The van der Waals surface area contributed by atoms with Crippen molar-refractivity contribution in [3.05, 3.63) is 0 Å². The maximum atomic E-state index is 10.3. The van der Waals surface area contributed by atoms with Gasteiger partial charge in [-0.1, -0.05) is 53.4 Å². The van der Waals surface area contributed by atoms with Gasteiger partial charge in [0, 0.05) is 28.7 Å². The Bertz CT molecular complexity index is 231.